The van der Waals surface area contributed by atoms with E-state index < -0.39 is 0 Å². The van der Waals surface area contributed by atoms with E-state index in [0.29, 0.717) is 0 Å². The first-order valence-corrected chi connectivity index (χ1v) is 21.6. The highest BCUT2D eigenvalue weighted by molar-refractivity contribution is 7.30. The van der Waals surface area contributed by atoms with Crippen molar-refractivity contribution >= 4 is 117 Å². The van der Waals surface area contributed by atoms with Gasteiger partial charge in [-0.2, -0.15) is 0 Å². The summed E-state index contributed by atoms with van der Waals surface area (Å²) in [6, 6.07) is 72.5. The molecule has 58 heavy (non-hydrogen) atoms. The van der Waals surface area contributed by atoms with E-state index in [0.717, 1.165) is 0 Å². The molecular formula is C56H32S2. The third kappa shape index (κ3) is 4.50. The number of benzene rings is 11. The molecule has 0 fully saturated rings. The van der Waals surface area contributed by atoms with Crippen molar-refractivity contribution in [3.8, 4) is 33.4 Å². The molecule has 13 rings (SSSR count). The van der Waals surface area contributed by atoms with E-state index in [-0.39, 0.29) is 0 Å². The topological polar surface area (TPSA) is 0 Å². The van der Waals surface area contributed by atoms with E-state index >= 15 is 0 Å². The zero-order valence-corrected chi connectivity index (χ0v) is 32.9. The Kier molecular flexibility index (Phi) is 6.86. The average Bonchev–Trinajstić information content (AvgIpc) is 3.86. The van der Waals surface area contributed by atoms with Crippen molar-refractivity contribution in [2.24, 2.45) is 0 Å². The van der Waals surface area contributed by atoms with E-state index in [4.69, 9.17) is 0 Å². The van der Waals surface area contributed by atoms with Crippen LogP contribution in [0.4, 0.5) is 0 Å². The predicted molar refractivity (Wildman–Crippen MR) is 256 cm³/mol. The number of rotatable bonds is 3. The SMILES string of the molecule is c1ccc2c(-c3c4ccccc4c(-c4ccc(-c5cc6c7ccc8sc9ccccc9c8c7sc6c6ccccc56)c5ccccc45)c4ccccc34)cccc2c1. The van der Waals surface area contributed by atoms with Gasteiger partial charge in [0.15, 0.2) is 0 Å². The number of fused-ring (bicyclic) bond motifs is 13. The first-order valence-electron chi connectivity index (χ1n) is 19.9. The third-order valence-corrected chi connectivity index (χ3v) is 14.9. The van der Waals surface area contributed by atoms with Gasteiger partial charge in [-0.15, -0.1) is 22.7 Å². The van der Waals surface area contributed by atoms with E-state index in [1.54, 1.807) is 0 Å². The molecule has 2 heteroatoms. The molecule has 0 aliphatic carbocycles. The van der Waals surface area contributed by atoms with Gasteiger partial charge in [-0.1, -0.05) is 176 Å². The van der Waals surface area contributed by atoms with E-state index in [1.165, 1.54) is 128 Å². The summed E-state index contributed by atoms with van der Waals surface area (Å²) in [5.41, 5.74) is 7.65. The molecule has 0 nitrogen and oxygen atoms in total. The largest absolute Gasteiger partial charge is 0.135 e. The zero-order chi connectivity index (χ0) is 37.9. The molecule has 2 heterocycles. The lowest BCUT2D eigenvalue weighted by Crippen LogP contribution is -1.93. The van der Waals surface area contributed by atoms with Gasteiger partial charge in [0.2, 0.25) is 0 Å². The van der Waals surface area contributed by atoms with E-state index in [1.807, 2.05) is 22.7 Å². The minimum absolute atomic E-state index is 1.26. The Hall–Kier alpha value is -6.84. The molecule has 2 aromatic heterocycles. The third-order valence-electron chi connectivity index (χ3n) is 12.5. The van der Waals surface area contributed by atoms with Gasteiger partial charge in [-0.25, -0.2) is 0 Å². The lowest BCUT2D eigenvalue weighted by Gasteiger charge is -2.20. The van der Waals surface area contributed by atoms with Crippen LogP contribution in [0.5, 0.6) is 0 Å². The van der Waals surface area contributed by atoms with Crippen LogP contribution < -0.4 is 0 Å². The number of hydrogen-bond donors (Lipinski definition) is 0. The summed E-state index contributed by atoms with van der Waals surface area (Å²) in [7, 11) is 0. The minimum Gasteiger partial charge on any atom is -0.135 e. The van der Waals surface area contributed by atoms with Crippen molar-refractivity contribution in [1.82, 2.24) is 0 Å². The molecule has 0 saturated carbocycles. The van der Waals surface area contributed by atoms with Crippen LogP contribution in [0.15, 0.2) is 194 Å². The average molecular weight is 769 g/mol. The number of thiophene rings is 2. The van der Waals surface area contributed by atoms with Gasteiger partial charge in [-0.3, -0.25) is 0 Å². The second kappa shape index (κ2) is 12.3. The summed E-state index contributed by atoms with van der Waals surface area (Å²) in [5, 5.41) is 18.2. The number of hydrogen-bond acceptors (Lipinski definition) is 2. The highest BCUT2D eigenvalue weighted by Gasteiger charge is 2.22. The maximum absolute atomic E-state index is 2.49. The Morgan fingerprint density at radius 2 is 0.724 bits per heavy atom. The molecule has 0 atom stereocenters. The summed E-state index contributed by atoms with van der Waals surface area (Å²) in [5.74, 6) is 0. The van der Waals surface area contributed by atoms with Gasteiger partial charge in [0.1, 0.15) is 0 Å². The molecule has 0 saturated heterocycles. The van der Waals surface area contributed by atoms with Gasteiger partial charge in [0, 0.05) is 45.7 Å². The molecule has 11 aromatic carbocycles. The van der Waals surface area contributed by atoms with Crippen molar-refractivity contribution in [2.45, 2.75) is 0 Å². The van der Waals surface area contributed by atoms with Crippen molar-refractivity contribution in [1.29, 1.82) is 0 Å². The minimum atomic E-state index is 1.26. The van der Waals surface area contributed by atoms with E-state index in [9.17, 15) is 0 Å². The Bertz CT molecular complexity index is 3800. The normalized spacial score (nSPS) is 12.1. The van der Waals surface area contributed by atoms with Crippen LogP contribution >= 0.6 is 22.7 Å². The fraction of sp³-hybridized carbons (Fsp3) is 0. The molecule has 0 spiro atoms. The molecule has 0 bridgehead atoms. The molecule has 268 valence electrons. The zero-order valence-electron chi connectivity index (χ0n) is 31.3. The standard InChI is InChI=1S/C56H32S2/c1-2-16-34-33(14-1)15-13-26-39(34)52-40-20-6-8-22-42(40)53(43-23-9-7-21-41(43)52)44-29-28-38(35-17-3-4-18-36(35)44)48-32-49-46-30-31-51-54(47-25-11-12-27-50(47)57-51)56(46)58-55(49)45-24-10-5-19-37(45)48/h1-32H. The van der Waals surface area contributed by atoms with Crippen LogP contribution in [-0.2, 0) is 0 Å². The fourth-order valence-electron chi connectivity index (χ4n) is 9.99. The highest BCUT2D eigenvalue weighted by atomic mass is 32.1. The molecular weight excluding hydrogens is 737 g/mol. The lowest BCUT2D eigenvalue weighted by molar-refractivity contribution is 1.68. The van der Waals surface area contributed by atoms with Crippen LogP contribution in [0.3, 0.4) is 0 Å². The van der Waals surface area contributed by atoms with Crippen LogP contribution in [0.25, 0.3) is 128 Å². The molecule has 13 aromatic rings. The van der Waals surface area contributed by atoms with Crippen LogP contribution in [0.1, 0.15) is 0 Å². The van der Waals surface area contributed by atoms with Crippen molar-refractivity contribution in [2.75, 3.05) is 0 Å². The molecule has 0 unspecified atom stereocenters. The maximum Gasteiger partial charge on any atom is 0.0448 e. The van der Waals surface area contributed by atoms with Crippen LogP contribution in [0, 0.1) is 0 Å². The van der Waals surface area contributed by atoms with Gasteiger partial charge in [0.05, 0.1) is 0 Å². The Balaban J connectivity index is 1.10. The molecule has 0 amide bonds. The summed E-state index contributed by atoms with van der Waals surface area (Å²) < 4.78 is 5.46. The van der Waals surface area contributed by atoms with Crippen molar-refractivity contribution < 1.29 is 0 Å². The first-order chi connectivity index (χ1) is 28.8. The second-order valence-corrected chi connectivity index (χ2v) is 17.5. The first kappa shape index (κ1) is 32.3. The Morgan fingerprint density at radius 3 is 1.41 bits per heavy atom. The highest BCUT2D eigenvalue weighted by Crippen LogP contribution is 2.51. The quantitative estimate of drug-likeness (QED) is 0.157. The lowest BCUT2D eigenvalue weighted by atomic mass is 9.82. The Labute approximate surface area is 342 Å². The molecule has 0 aliphatic heterocycles. The second-order valence-electron chi connectivity index (χ2n) is 15.4. The van der Waals surface area contributed by atoms with Gasteiger partial charge >= 0.3 is 0 Å². The monoisotopic (exact) mass is 768 g/mol. The summed E-state index contributed by atoms with van der Waals surface area (Å²) in [6.45, 7) is 0. The van der Waals surface area contributed by atoms with Crippen molar-refractivity contribution in [3.63, 3.8) is 0 Å². The van der Waals surface area contributed by atoms with E-state index in [2.05, 4.69) is 194 Å². The van der Waals surface area contributed by atoms with Gasteiger partial charge in [-0.05, 0) is 100 Å². The smallest absolute Gasteiger partial charge is 0.0448 e. The molecule has 0 N–H and O–H groups in total. The summed E-state index contributed by atoms with van der Waals surface area (Å²) in [4.78, 5) is 0. The van der Waals surface area contributed by atoms with Crippen LogP contribution in [0.2, 0.25) is 0 Å². The summed E-state index contributed by atoms with van der Waals surface area (Å²) >= 11 is 3.85. The molecule has 0 aliphatic rings. The fourth-order valence-corrected chi connectivity index (χ4v) is 12.6. The Morgan fingerprint density at radius 1 is 0.241 bits per heavy atom. The maximum atomic E-state index is 2.49. The van der Waals surface area contributed by atoms with Gasteiger partial charge in [0.25, 0.3) is 0 Å². The summed E-state index contributed by atoms with van der Waals surface area (Å²) in [6.07, 6.45) is 0. The van der Waals surface area contributed by atoms with Crippen LogP contribution in [-0.4, -0.2) is 0 Å². The van der Waals surface area contributed by atoms with Gasteiger partial charge < -0.3 is 0 Å². The van der Waals surface area contributed by atoms with Crippen molar-refractivity contribution in [3.05, 3.63) is 194 Å². The predicted octanol–water partition coefficient (Wildman–Crippen LogP) is 17.2. The molecule has 0 radical (unpaired) electrons.